The van der Waals surface area contributed by atoms with E-state index >= 15 is 0 Å². The Hall–Kier alpha value is -1.38. The largest absolute Gasteiger partial charge is 0.464 e. The van der Waals surface area contributed by atoms with Gasteiger partial charge in [0.05, 0.1) is 19.8 Å². The van der Waals surface area contributed by atoms with Crippen molar-refractivity contribution in [2.24, 2.45) is 10.8 Å². The van der Waals surface area contributed by atoms with Gasteiger partial charge in [0, 0.05) is 19.5 Å². The predicted octanol–water partition coefficient (Wildman–Crippen LogP) is 2.33. The number of hydroxylamine groups is 1. The second-order valence-corrected chi connectivity index (χ2v) is 9.21. The van der Waals surface area contributed by atoms with E-state index in [4.69, 9.17) is 14.3 Å². The van der Waals surface area contributed by atoms with Crippen molar-refractivity contribution in [1.29, 1.82) is 0 Å². The van der Waals surface area contributed by atoms with E-state index in [9.17, 15) is 9.59 Å². The van der Waals surface area contributed by atoms with Crippen molar-refractivity contribution in [2.45, 2.75) is 65.0 Å². The van der Waals surface area contributed by atoms with E-state index in [-0.39, 0.29) is 28.9 Å². The molecule has 0 aliphatic heterocycles. The van der Waals surface area contributed by atoms with Gasteiger partial charge >= 0.3 is 12.1 Å². The minimum atomic E-state index is -0.400. The maximum atomic E-state index is 12.3. The van der Waals surface area contributed by atoms with E-state index in [1.165, 1.54) is 7.11 Å². The summed E-state index contributed by atoms with van der Waals surface area (Å²) >= 11 is 0. The summed E-state index contributed by atoms with van der Waals surface area (Å²) in [7, 11) is 6.93. The van der Waals surface area contributed by atoms with Crippen LogP contribution in [0.5, 0.6) is 0 Å². The number of esters is 1. The lowest BCUT2D eigenvalue weighted by molar-refractivity contribution is -0.147. The maximum Gasteiger partial charge on any atom is 0.407 e. The number of carbonyl (C=O) groups excluding carboxylic acids is 2. The molecule has 1 saturated carbocycles. The van der Waals surface area contributed by atoms with Gasteiger partial charge in [-0.25, -0.2) is 10.3 Å². The Labute approximate surface area is 169 Å². The summed E-state index contributed by atoms with van der Waals surface area (Å²) in [4.78, 5) is 31.1. The molecular weight excluding hydrogens is 362 g/mol. The molecule has 0 radical (unpaired) electrons. The molecule has 1 aliphatic rings. The SMILES string of the molecule is CNOC[C@@H](COC(=O)CCC1(C)CC(NC(=O)OC)CC(C)(C)C1)N(C)C. The Morgan fingerprint density at radius 3 is 2.43 bits per heavy atom. The van der Waals surface area contributed by atoms with Gasteiger partial charge in [0.1, 0.15) is 6.61 Å². The number of alkyl carbamates (subject to hydrolysis) is 1. The smallest absolute Gasteiger partial charge is 0.407 e. The number of hydrogen-bond acceptors (Lipinski definition) is 7. The molecule has 0 spiro atoms. The van der Waals surface area contributed by atoms with Crippen LogP contribution in [0.4, 0.5) is 4.79 Å². The summed E-state index contributed by atoms with van der Waals surface area (Å²) in [6.45, 7) is 7.33. The van der Waals surface area contributed by atoms with Gasteiger partial charge < -0.3 is 24.5 Å². The van der Waals surface area contributed by atoms with E-state index in [0.29, 0.717) is 19.6 Å². The van der Waals surface area contributed by atoms with Crippen molar-refractivity contribution in [3.63, 3.8) is 0 Å². The van der Waals surface area contributed by atoms with E-state index in [1.54, 1.807) is 7.05 Å². The quantitative estimate of drug-likeness (QED) is 0.429. The Morgan fingerprint density at radius 2 is 1.86 bits per heavy atom. The highest BCUT2D eigenvalue weighted by Gasteiger charge is 2.41. The molecular formula is C20H39N3O5. The molecule has 1 amide bonds. The fourth-order valence-corrected chi connectivity index (χ4v) is 4.34. The first-order chi connectivity index (χ1) is 13.0. The third-order valence-electron chi connectivity index (χ3n) is 5.47. The molecule has 0 bridgehead atoms. The van der Waals surface area contributed by atoms with Crippen molar-refractivity contribution in [3.05, 3.63) is 0 Å². The van der Waals surface area contributed by atoms with Gasteiger partial charge in [-0.2, -0.15) is 0 Å². The van der Waals surface area contributed by atoms with Crippen molar-refractivity contribution in [1.82, 2.24) is 15.7 Å². The van der Waals surface area contributed by atoms with Crippen molar-refractivity contribution in [3.8, 4) is 0 Å². The first-order valence-corrected chi connectivity index (χ1v) is 9.95. The first-order valence-electron chi connectivity index (χ1n) is 9.95. The maximum absolute atomic E-state index is 12.3. The minimum Gasteiger partial charge on any atom is -0.464 e. The number of ether oxygens (including phenoxy) is 2. The summed E-state index contributed by atoms with van der Waals surface area (Å²) < 4.78 is 10.2. The summed E-state index contributed by atoms with van der Waals surface area (Å²) in [6.07, 6.45) is 3.43. The number of carbonyl (C=O) groups is 2. The highest BCUT2D eigenvalue weighted by molar-refractivity contribution is 5.69. The second kappa shape index (κ2) is 11.0. The van der Waals surface area contributed by atoms with Crippen LogP contribution in [-0.2, 0) is 19.1 Å². The van der Waals surface area contributed by atoms with Gasteiger partial charge in [0.2, 0.25) is 0 Å². The zero-order valence-corrected chi connectivity index (χ0v) is 18.6. The zero-order valence-electron chi connectivity index (χ0n) is 18.6. The van der Waals surface area contributed by atoms with E-state index < -0.39 is 6.09 Å². The lowest BCUT2D eigenvalue weighted by Crippen LogP contribution is -2.47. The van der Waals surface area contributed by atoms with Crippen LogP contribution in [0.25, 0.3) is 0 Å². The Balaban J connectivity index is 2.55. The Bertz CT molecular complexity index is 512. The fraction of sp³-hybridized carbons (Fsp3) is 0.900. The molecule has 0 aromatic carbocycles. The van der Waals surface area contributed by atoms with Crippen molar-refractivity contribution < 1.29 is 23.9 Å². The molecule has 164 valence electrons. The minimum absolute atomic E-state index is 0.00534. The number of hydrogen-bond donors (Lipinski definition) is 2. The topological polar surface area (TPSA) is 89.1 Å². The van der Waals surface area contributed by atoms with E-state index in [2.05, 4.69) is 31.6 Å². The molecule has 8 nitrogen and oxygen atoms in total. The molecule has 0 heterocycles. The average molecular weight is 402 g/mol. The molecule has 0 aromatic heterocycles. The summed E-state index contributed by atoms with van der Waals surface area (Å²) in [5.74, 6) is -0.196. The standard InChI is InChI=1S/C20H39N3O5/c1-19(2)10-15(22-18(25)26-7)11-20(3,14-19)9-8-17(24)27-12-16(23(5)6)13-28-21-4/h15-16,21H,8-14H2,1-7H3,(H,22,25)/t15?,16-,20?/m1/s1. The van der Waals surface area contributed by atoms with Crippen molar-refractivity contribution in [2.75, 3.05) is 41.5 Å². The third kappa shape index (κ3) is 8.75. The van der Waals surface area contributed by atoms with Gasteiger partial charge in [0.25, 0.3) is 0 Å². The number of nitrogens with one attached hydrogen (secondary N) is 2. The Kier molecular flexibility index (Phi) is 9.66. The van der Waals surface area contributed by atoms with Gasteiger partial charge in [-0.3, -0.25) is 4.79 Å². The van der Waals surface area contributed by atoms with Gasteiger partial charge in [0.15, 0.2) is 0 Å². The molecule has 3 atom stereocenters. The van der Waals surface area contributed by atoms with Crippen LogP contribution in [0.1, 0.15) is 52.9 Å². The monoisotopic (exact) mass is 401 g/mol. The average Bonchev–Trinajstić information content (AvgIpc) is 2.57. The number of methoxy groups -OCH3 is 1. The number of likely N-dealkylation sites (N-methyl/N-ethyl adjacent to an activating group) is 1. The summed E-state index contributed by atoms with van der Waals surface area (Å²) in [5, 5.41) is 2.94. The van der Waals surface area contributed by atoms with Crippen LogP contribution in [-0.4, -0.2) is 70.5 Å². The fourth-order valence-electron chi connectivity index (χ4n) is 4.34. The molecule has 28 heavy (non-hydrogen) atoms. The van der Waals surface area contributed by atoms with Crippen molar-refractivity contribution >= 4 is 12.1 Å². The summed E-state index contributed by atoms with van der Waals surface area (Å²) in [6, 6.07) is 0.0447. The van der Waals surface area contributed by atoms with E-state index in [0.717, 1.165) is 25.7 Å². The lowest BCUT2D eigenvalue weighted by atomic mass is 9.61. The molecule has 0 saturated heterocycles. The Morgan fingerprint density at radius 1 is 1.18 bits per heavy atom. The molecule has 1 rings (SSSR count). The molecule has 1 fully saturated rings. The normalized spacial score (nSPS) is 25.2. The number of amides is 1. The molecule has 2 N–H and O–H groups in total. The lowest BCUT2D eigenvalue weighted by Gasteiger charge is -2.46. The van der Waals surface area contributed by atoms with Crippen LogP contribution in [0, 0.1) is 10.8 Å². The van der Waals surface area contributed by atoms with Gasteiger partial charge in [-0.05, 0) is 50.6 Å². The van der Waals surface area contributed by atoms with Crippen LogP contribution in [0.15, 0.2) is 0 Å². The van der Waals surface area contributed by atoms with Crippen LogP contribution >= 0.6 is 0 Å². The highest BCUT2D eigenvalue weighted by Crippen LogP contribution is 2.48. The van der Waals surface area contributed by atoms with Gasteiger partial charge in [-0.15, -0.1) is 0 Å². The second-order valence-electron chi connectivity index (χ2n) is 9.21. The summed E-state index contributed by atoms with van der Waals surface area (Å²) in [5.41, 5.74) is 2.68. The van der Waals surface area contributed by atoms with E-state index in [1.807, 2.05) is 19.0 Å². The molecule has 1 aliphatic carbocycles. The molecule has 8 heteroatoms. The molecule has 2 unspecified atom stereocenters. The first kappa shape index (κ1) is 24.7. The van der Waals surface area contributed by atoms with Crippen LogP contribution in [0.2, 0.25) is 0 Å². The predicted molar refractivity (Wildman–Crippen MR) is 108 cm³/mol. The van der Waals surface area contributed by atoms with Gasteiger partial charge in [-0.1, -0.05) is 20.8 Å². The molecule has 0 aromatic rings. The highest BCUT2D eigenvalue weighted by atomic mass is 16.6. The van der Waals surface area contributed by atoms with Crippen LogP contribution in [0.3, 0.4) is 0 Å². The zero-order chi connectivity index (χ0) is 21.4. The third-order valence-corrected chi connectivity index (χ3v) is 5.47. The van der Waals surface area contributed by atoms with Crippen LogP contribution < -0.4 is 10.8 Å². The number of rotatable bonds is 10. The number of nitrogens with zero attached hydrogens (tertiary/aromatic N) is 1.